The van der Waals surface area contributed by atoms with Gasteiger partial charge in [0.15, 0.2) is 0 Å². The van der Waals surface area contributed by atoms with Gasteiger partial charge in [-0.1, -0.05) is 24.6 Å². The zero-order chi connectivity index (χ0) is 9.14. The monoisotopic (exact) mass is 184 g/mol. The molecule has 1 rings (SSSR count). The van der Waals surface area contributed by atoms with E-state index < -0.39 is 0 Å². The molecule has 0 bridgehead atoms. The summed E-state index contributed by atoms with van der Waals surface area (Å²) in [5, 5.41) is 0.580. The smallest absolute Gasteiger partial charge is 0.0638 e. The van der Waals surface area contributed by atoms with Gasteiger partial charge in [-0.2, -0.15) is 0 Å². The van der Waals surface area contributed by atoms with Crippen LogP contribution in [-0.2, 0) is 0 Å². The fraction of sp³-hybridized carbons (Fsp3) is 0.333. The van der Waals surface area contributed by atoms with Crippen molar-refractivity contribution in [2.45, 2.75) is 19.4 Å². The molecule has 0 fully saturated rings. The fourth-order valence-electron chi connectivity index (χ4n) is 1.01. The maximum Gasteiger partial charge on any atom is 0.0638 e. The number of nitrogen functional groups attached to an aromatic ring is 1. The van der Waals surface area contributed by atoms with Gasteiger partial charge in [0, 0.05) is 6.04 Å². The van der Waals surface area contributed by atoms with Crippen LogP contribution in [0.2, 0.25) is 5.02 Å². The highest BCUT2D eigenvalue weighted by atomic mass is 35.5. The van der Waals surface area contributed by atoms with Crippen molar-refractivity contribution in [3.8, 4) is 0 Å². The molecule has 2 nitrogen and oxygen atoms in total. The number of hydrogen-bond donors (Lipinski definition) is 2. The number of rotatable bonds is 2. The van der Waals surface area contributed by atoms with Crippen molar-refractivity contribution in [1.29, 1.82) is 0 Å². The molecule has 1 aromatic rings. The molecule has 12 heavy (non-hydrogen) atoms. The van der Waals surface area contributed by atoms with Gasteiger partial charge in [0.25, 0.3) is 0 Å². The van der Waals surface area contributed by atoms with Crippen molar-refractivity contribution < 1.29 is 0 Å². The largest absolute Gasteiger partial charge is 0.398 e. The summed E-state index contributed by atoms with van der Waals surface area (Å²) in [4.78, 5) is 0. The van der Waals surface area contributed by atoms with E-state index in [1.165, 1.54) is 0 Å². The van der Waals surface area contributed by atoms with Crippen molar-refractivity contribution in [2.24, 2.45) is 5.73 Å². The molecule has 0 spiro atoms. The van der Waals surface area contributed by atoms with Crippen molar-refractivity contribution in [2.75, 3.05) is 5.73 Å². The minimum absolute atomic E-state index is 0.0584. The number of halogens is 1. The van der Waals surface area contributed by atoms with E-state index in [4.69, 9.17) is 23.1 Å². The summed E-state index contributed by atoms with van der Waals surface area (Å²) in [6.45, 7) is 2.04. The maximum absolute atomic E-state index is 5.83. The minimum atomic E-state index is 0.0584. The molecular formula is C9H13ClN2. The van der Waals surface area contributed by atoms with Gasteiger partial charge in [-0.3, -0.25) is 0 Å². The molecule has 0 radical (unpaired) electrons. The number of anilines is 1. The standard InChI is InChI=1S/C9H13ClN2/c1-2-8(11)6-3-4-9(12)7(10)5-6/h3-5,8H,2,11-12H2,1H3/t8-/m0/s1. The second-order valence-electron chi connectivity index (χ2n) is 2.80. The first kappa shape index (κ1) is 9.36. The minimum Gasteiger partial charge on any atom is -0.398 e. The molecule has 0 aliphatic heterocycles. The highest BCUT2D eigenvalue weighted by Crippen LogP contribution is 2.23. The Kier molecular flexibility index (Phi) is 2.95. The van der Waals surface area contributed by atoms with Gasteiger partial charge in [0.05, 0.1) is 10.7 Å². The highest BCUT2D eigenvalue weighted by Gasteiger charge is 2.04. The maximum atomic E-state index is 5.83. The molecule has 66 valence electrons. The van der Waals surface area contributed by atoms with E-state index in [0.29, 0.717) is 10.7 Å². The second kappa shape index (κ2) is 3.78. The third kappa shape index (κ3) is 1.90. The summed E-state index contributed by atoms with van der Waals surface area (Å²) >= 11 is 5.83. The molecule has 0 aromatic heterocycles. The van der Waals surface area contributed by atoms with Crippen LogP contribution in [0.3, 0.4) is 0 Å². The van der Waals surface area contributed by atoms with Crippen LogP contribution >= 0.6 is 11.6 Å². The van der Waals surface area contributed by atoms with Crippen LogP contribution in [0.15, 0.2) is 18.2 Å². The Hall–Kier alpha value is -0.730. The summed E-state index contributed by atoms with van der Waals surface area (Å²) in [6.07, 6.45) is 0.903. The van der Waals surface area contributed by atoms with Crippen LogP contribution in [0.5, 0.6) is 0 Å². The predicted octanol–water partition coefficient (Wildman–Crippen LogP) is 2.33. The van der Waals surface area contributed by atoms with Crippen molar-refractivity contribution in [3.63, 3.8) is 0 Å². The molecule has 0 unspecified atom stereocenters. The normalized spacial score (nSPS) is 12.9. The second-order valence-corrected chi connectivity index (χ2v) is 3.20. The van der Waals surface area contributed by atoms with E-state index in [2.05, 4.69) is 0 Å². The molecule has 0 amide bonds. The molecule has 3 heteroatoms. The summed E-state index contributed by atoms with van der Waals surface area (Å²) in [5.41, 5.74) is 13.0. The fourth-order valence-corrected chi connectivity index (χ4v) is 1.20. The molecule has 1 atom stereocenters. The zero-order valence-electron chi connectivity index (χ0n) is 7.05. The third-order valence-electron chi connectivity index (χ3n) is 1.89. The lowest BCUT2D eigenvalue weighted by Crippen LogP contribution is -2.08. The molecular weight excluding hydrogens is 172 g/mol. The lowest BCUT2D eigenvalue weighted by molar-refractivity contribution is 0.699. The third-order valence-corrected chi connectivity index (χ3v) is 2.22. The van der Waals surface area contributed by atoms with Crippen LogP contribution in [0.4, 0.5) is 5.69 Å². The molecule has 0 aliphatic rings. The molecule has 0 heterocycles. The van der Waals surface area contributed by atoms with Gasteiger partial charge in [0.2, 0.25) is 0 Å². The van der Waals surface area contributed by atoms with Gasteiger partial charge in [-0.15, -0.1) is 0 Å². The van der Waals surface area contributed by atoms with E-state index in [9.17, 15) is 0 Å². The average molecular weight is 185 g/mol. The predicted molar refractivity (Wildman–Crippen MR) is 53.1 cm³/mol. The van der Waals surface area contributed by atoms with Crippen LogP contribution in [0.25, 0.3) is 0 Å². The lowest BCUT2D eigenvalue weighted by Gasteiger charge is -2.09. The van der Waals surface area contributed by atoms with Crippen molar-refractivity contribution in [1.82, 2.24) is 0 Å². The van der Waals surface area contributed by atoms with Crippen LogP contribution in [-0.4, -0.2) is 0 Å². The van der Waals surface area contributed by atoms with Crippen molar-refractivity contribution >= 4 is 17.3 Å². The van der Waals surface area contributed by atoms with Gasteiger partial charge in [0.1, 0.15) is 0 Å². The van der Waals surface area contributed by atoms with Gasteiger partial charge in [-0.05, 0) is 24.1 Å². The highest BCUT2D eigenvalue weighted by molar-refractivity contribution is 6.33. The van der Waals surface area contributed by atoms with Gasteiger partial charge >= 0.3 is 0 Å². The van der Waals surface area contributed by atoms with Crippen LogP contribution in [0, 0.1) is 0 Å². The number of hydrogen-bond acceptors (Lipinski definition) is 2. The summed E-state index contributed by atoms with van der Waals surface area (Å²) in [7, 11) is 0. The van der Waals surface area contributed by atoms with Gasteiger partial charge < -0.3 is 11.5 Å². The Morgan fingerprint density at radius 2 is 2.17 bits per heavy atom. The Morgan fingerprint density at radius 3 is 2.67 bits per heavy atom. The SMILES string of the molecule is CC[C@H](N)c1ccc(N)c(Cl)c1. The van der Waals surface area contributed by atoms with E-state index >= 15 is 0 Å². The van der Waals surface area contributed by atoms with Crippen LogP contribution < -0.4 is 11.5 Å². The Morgan fingerprint density at radius 1 is 1.50 bits per heavy atom. The number of benzene rings is 1. The number of nitrogens with two attached hydrogens (primary N) is 2. The summed E-state index contributed by atoms with van der Waals surface area (Å²) < 4.78 is 0. The molecule has 0 saturated heterocycles. The topological polar surface area (TPSA) is 52.0 Å². The first-order chi connectivity index (χ1) is 5.65. The quantitative estimate of drug-likeness (QED) is 0.694. The lowest BCUT2D eigenvalue weighted by atomic mass is 10.1. The Bertz CT molecular complexity index is 273. The molecule has 0 aliphatic carbocycles. The zero-order valence-corrected chi connectivity index (χ0v) is 7.81. The van der Waals surface area contributed by atoms with E-state index in [-0.39, 0.29) is 6.04 Å². The molecule has 0 saturated carbocycles. The van der Waals surface area contributed by atoms with Crippen molar-refractivity contribution in [3.05, 3.63) is 28.8 Å². The van der Waals surface area contributed by atoms with E-state index in [0.717, 1.165) is 12.0 Å². The first-order valence-electron chi connectivity index (χ1n) is 3.95. The molecule has 1 aromatic carbocycles. The van der Waals surface area contributed by atoms with E-state index in [1.807, 2.05) is 19.1 Å². The molecule has 4 N–H and O–H groups in total. The van der Waals surface area contributed by atoms with E-state index in [1.54, 1.807) is 6.07 Å². The average Bonchev–Trinajstić information content (AvgIpc) is 2.08. The Balaban J connectivity index is 2.96. The first-order valence-corrected chi connectivity index (χ1v) is 4.33. The van der Waals surface area contributed by atoms with Gasteiger partial charge in [-0.25, -0.2) is 0 Å². The summed E-state index contributed by atoms with van der Waals surface area (Å²) in [6, 6.07) is 5.58. The Labute approximate surface area is 77.5 Å². The van der Waals surface area contributed by atoms with Crippen LogP contribution in [0.1, 0.15) is 24.9 Å². The summed E-state index contributed by atoms with van der Waals surface area (Å²) in [5.74, 6) is 0.